The Hall–Kier alpha value is -1.81. The van der Waals surface area contributed by atoms with Crippen LogP contribution in [0.25, 0.3) is 0 Å². The van der Waals surface area contributed by atoms with Crippen molar-refractivity contribution >= 4 is 23.0 Å². The number of hydrogen-bond donors (Lipinski definition) is 1. The number of nitrogens with one attached hydrogen (secondary N) is 1. The van der Waals surface area contributed by atoms with Gasteiger partial charge >= 0.3 is 0 Å². The Morgan fingerprint density at radius 1 is 1.26 bits per heavy atom. The van der Waals surface area contributed by atoms with Gasteiger partial charge in [-0.3, -0.25) is 9.97 Å². The van der Waals surface area contributed by atoms with Gasteiger partial charge in [-0.15, -0.1) is 0 Å². The topological polar surface area (TPSA) is 41.0 Å². The summed E-state index contributed by atoms with van der Waals surface area (Å²) in [5, 5.41) is 4.08. The number of hydrogen-bond acceptors (Lipinski definition) is 4. The molecular formula is C14H17ClN4. The zero-order valence-corrected chi connectivity index (χ0v) is 12.0. The first-order valence-electron chi connectivity index (χ1n) is 6.07. The van der Waals surface area contributed by atoms with Crippen molar-refractivity contribution < 1.29 is 0 Å². The maximum atomic E-state index is 6.24. The molecule has 19 heavy (non-hydrogen) atoms. The summed E-state index contributed by atoms with van der Waals surface area (Å²) in [4.78, 5) is 10.3. The summed E-state index contributed by atoms with van der Waals surface area (Å²) in [5.74, 6) is 0. The first kappa shape index (κ1) is 13.6. The molecule has 100 valence electrons. The molecule has 0 radical (unpaired) electrons. The van der Waals surface area contributed by atoms with Crippen molar-refractivity contribution in [3.05, 3.63) is 47.5 Å². The van der Waals surface area contributed by atoms with Crippen LogP contribution in [0.3, 0.4) is 0 Å². The van der Waals surface area contributed by atoms with Crippen molar-refractivity contribution in [3.63, 3.8) is 0 Å². The van der Waals surface area contributed by atoms with E-state index in [1.165, 1.54) is 0 Å². The zero-order valence-electron chi connectivity index (χ0n) is 11.3. The second-order valence-corrected chi connectivity index (χ2v) is 4.96. The number of anilines is 2. The standard InChI is InChI=1S/C14H17ClN4/c1-10(13-9-16-6-7-17-13)18-11-4-5-14(19(2)3)12(15)8-11/h4-10,18H,1-3H3. The molecule has 1 atom stereocenters. The van der Waals surface area contributed by atoms with Gasteiger partial charge in [0.2, 0.25) is 0 Å². The van der Waals surface area contributed by atoms with Crippen LogP contribution in [0, 0.1) is 0 Å². The van der Waals surface area contributed by atoms with Crippen LogP contribution in [0.2, 0.25) is 5.02 Å². The molecule has 0 spiro atoms. The average Bonchev–Trinajstić information content (AvgIpc) is 2.39. The molecule has 0 saturated heterocycles. The van der Waals surface area contributed by atoms with E-state index < -0.39 is 0 Å². The molecule has 2 rings (SSSR count). The lowest BCUT2D eigenvalue weighted by Crippen LogP contribution is -2.11. The van der Waals surface area contributed by atoms with Gasteiger partial charge in [-0.05, 0) is 25.1 Å². The van der Waals surface area contributed by atoms with E-state index in [2.05, 4.69) is 15.3 Å². The second kappa shape index (κ2) is 5.89. The van der Waals surface area contributed by atoms with Gasteiger partial charge in [0, 0.05) is 32.2 Å². The Morgan fingerprint density at radius 2 is 2.05 bits per heavy atom. The molecule has 1 heterocycles. The minimum atomic E-state index is 0.0787. The van der Waals surface area contributed by atoms with Crippen LogP contribution in [-0.4, -0.2) is 24.1 Å². The molecule has 1 N–H and O–H groups in total. The molecule has 4 nitrogen and oxygen atoms in total. The van der Waals surface area contributed by atoms with Gasteiger partial charge in [-0.25, -0.2) is 0 Å². The summed E-state index contributed by atoms with van der Waals surface area (Å²) in [6.07, 6.45) is 5.11. The number of rotatable bonds is 4. The molecule has 0 aliphatic heterocycles. The minimum absolute atomic E-state index is 0.0787. The minimum Gasteiger partial charge on any atom is -0.377 e. The van der Waals surface area contributed by atoms with E-state index in [-0.39, 0.29) is 6.04 Å². The van der Waals surface area contributed by atoms with Gasteiger partial charge in [-0.2, -0.15) is 0 Å². The van der Waals surface area contributed by atoms with Gasteiger partial charge < -0.3 is 10.2 Å². The monoisotopic (exact) mass is 276 g/mol. The fraction of sp³-hybridized carbons (Fsp3) is 0.286. The van der Waals surface area contributed by atoms with E-state index in [0.717, 1.165) is 22.1 Å². The van der Waals surface area contributed by atoms with Gasteiger partial charge in [0.1, 0.15) is 0 Å². The van der Waals surface area contributed by atoms with Gasteiger partial charge in [0.05, 0.1) is 28.6 Å². The van der Waals surface area contributed by atoms with E-state index in [9.17, 15) is 0 Å². The van der Waals surface area contributed by atoms with Crippen molar-refractivity contribution in [1.29, 1.82) is 0 Å². The summed E-state index contributed by atoms with van der Waals surface area (Å²) in [6, 6.07) is 6.00. The smallest absolute Gasteiger partial charge is 0.0806 e. The van der Waals surface area contributed by atoms with Crippen molar-refractivity contribution in [2.75, 3.05) is 24.3 Å². The Morgan fingerprint density at radius 3 is 2.63 bits per heavy atom. The Balaban J connectivity index is 2.14. The Bertz CT molecular complexity index is 542. The molecule has 0 bridgehead atoms. The number of aromatic nitrogens is 2. The van der Waals surface area contributed by atoms with Crippen molar-refractivity contribution in [3.8, 4) is 0 Å². The van der Waals surface area contributed by atoms with Crippen molar-refractivity contribution in [1.82, 2.24) is 9.97 Å². The number of nitrogens with zero attached hydrogens (tertiary/aromatic N) is 3. The highest BCUT2D eigenvalue weighted by molar-refractivity contribution is 6.33. The lowest BCUT2D eigenvalue weighted by Gasteiger charge is -2.18. The van der Waals surface area contributed by atoms with E-state index in [4.69, 9.17) is 11.6 Å². The van der Waals surface area contributed by atoms with Crippen LogP contribution in [0.15, 0.2) is 36.8 Å². The lowest BCUT2D eigenvalue weighted by molar-refractivity contribution is 0.827. The van der Waals surface area contributed by atoms with Gasteiger partial charge in [-0.1, -0.05) is 11.6 Å². The van der Waals surface area contributed by atoms with Gasteiger partial charge in [0.25, 0.3) is 0 Å². The van der Waals surface area contributed by atoms with Crippen LogP contribution in [0.5, 0.6) is 0 Å². The molecular weight excluding hydrogens is 260 g/mol. The normalized spacial score (nSPS) is 12.0. The van der Waals surface area contributed by atoms with Gasteiger partial charge in [0.15, 0.2) is 0 Å². The van der Waals surface area contributed by atoms with E-state index in [1.807, 2.05) is 44.1 Å². The largest absolute Gasteiger partial charge is 0.377 e. The van der Waals surface area contributed by atoms with Crippen LogP contribution < -0.4 is 10.2 Å². The summed E-state index contributed by atoms with van der Waals surface area (Å²) in [5.41, 5.74) is 2.86. The predicted molar refractivity (Wildman–Crippen MR) is 79.8 cm³/mol. The lowest BCUT2D eigenvalue weighted by atomic mass is 10.2. The molecule has 5 heteroatoms. The molecule has 0 aliphatic carbocycles. The highest BCUT2D eigenvalue weighted by atomic mass is 35.5. The summed E-state index contributed by atoms with van der Waals surface area (Å²) >= 11 is 6.24. The van der Waals surface area contributed by atoms with Crippen molar-refractivity contribution in [2.24, 2.45) is 0 Å². The fourth-order valence-corrected chi connectivity index (χ4v) is 2.17. The number of halogens is 1. The third-order valence-corrected chi connectivity index (χ3v) is 3.14. The highest BCUT2D eigenvalue weighted by Crippen LogP contribution is 2.28. The zero-order chi connectivity index (χ0) is 13.8. The summed E-state index contributed by atoms with van der Waals surface area (Å²) in [7, 11) is 3.94. The molecule has 2 aromatic rings. The fourth-order valence-electron chi connectivity index (χ4n) is 1.82. The average molecular weight is 277 g/mol. The molecule has 1 aromatic carbocycles. The third kappa shape index (κ3) is 3.35. The van der Waals surface area contributed by atoms with E-state index in [0.29, 0.717) is 0 Å². The first-order valence-corrected chi connectivity index (χ1v) is 6.45. The molecule has 0 fully saturated rings. The Kier molecular flexibility index (Phi) is 4.22. The van der Waals surface area contributed by atoms with Crippen LogP contribution in [-0.2, 0) is 0 Å². The molecule has 0 amide bonds. The molecule has 0 aliphatic rings. The quantitative estimate of drug-likeness (QED) is 0.930. The van der Waals surface area contributed by atoms with Crippen LogP contribution >= 0.6 is 11.6 Å². The SMILES string of the molecule is CC(Nc1ccc(N(C)C)c(Cl)c1)c1cnccn1. The molecule has 1 unspecified atom stereocenters. The molecule has 0 saturated carbocycles. The summed E-state index contributed by atoms with van der Waals surface area (Å²) < 4.78 is 0. The maximum Gasteiger partial charge on any atom is 0.0806 e. The Labute approximate surface area is 118 Å². The number of benzene rings is 1. The summed E-state index contributed by atoms with van der Waals surface area (Å²) in [6.45, 7) is 2.04. The highest BCUT2D eigenvalue weighted by Gasteiger charge is 2.08. The second-order valence-electron chi connectivity index (χ2n) is 4.56. The van der Waals surface area contributed by atoms with Crippen LogP contribution in [0.4, 0.5) is 11.4 Å². The third-order valence-electron chi connectivity index (χ3n) is 2.84. The van der Waals surface area contributed by atoms with Crippen LogP contribution in [0.1, 0.15) is 18.7 Å². The first-order chi connectivity index (χ1) is 9.08. The molecule has 1 aromatic heterocycles. The van der Waals surface area contributed by atoms with E-state index >= 15 is 0 Å². The van der Waals surface area contributed by atoms with Crippen molar-refractivity contribution in [2.45, 2.75) is 13.0 Å². The predicted octanol–water partition coefficient (Wildman–Crippen LogP) is 3.37. The van der Waals surface area contributed by atoms with E-state index in [1.54, 1.807) is 18.6 Å². The maximum absolute atomic E-state index is 6.24.